The summed E-state index contributed by atoms with van der Waals surface area (Å²) >= 11 is 0. The second-order valence-corrected chi connectivity index (χ2v) is 8.78. The van der Waals surface area contributed by atoms with Gasteiger partial charge in [0.05, 0.1) is 23.3 Å². The van der Waals surface area contributed by atoms with Crippen LogP contribution in [0.4, 0.5) is 4.39 Å². The zero-order chi connectivity index (χ0) is 21.8. The molecular weight excluding hydrogens is 391 g/mol. The molecule has 0 amide bonds. The smallest absolute Gasteiger partial charge is 0.337 e. The Labute approximate surface area is 183 Å². The van der Waals surface area contributed by atoms with E-state index in [0.717, 1.165) is 30.2 Å². The lowest BCUT2D eigenvalue weighted by molar-refractivity contribution is 0.0698. The number of aromatic carboxylic acids is 1. The van der Waals surface area contributed by atoms with E-state index in [0.29, 0.717) is 23.7 Å². The Morgan fingerprint density at radius 3 is 2.81 bits per heavy atom. The number of hydrogen-bond donors (Lipinski definition) is 1. The minimum Gasteiger partial charge on any atom is -0.478 e. The number of nitrogens with zero attached hydrogens (tertiary/aromatic N) is 2. The topological polar surface area (TPSA) is 55.1 Å². The first-order valence-electron chi connectivity index (χ1n) is 11.6. The van der Waals surface area contributed by atoms with E-state index in [1.54, 1.807) is 12.1 Å². The van der Waals surface area contributed by atoms with Crippen molar-refractivity contribution in [3.05, 3.63) is 64.9 Å². The molecule has 1 aliphatic rings. The molecule has 31 heavy (non-hydrogen) atoms. The molecule has 1 aromatic carbocycles. The summed E-state index contributed by atoms with van der Waals surface area (Å²) in [6, 6.07) is 10.4. The Balaban J connectivity index is 1.77. The number of unbranched alkanes of at least 4 members (excludes halogenated alkanes) is 3. The van der Waals surface area contributed by atoms with Gasteiger partial charge in [0.2, 0.25) is 5.95 Å². The molecule has 1 aliphatic carbocycles. The number of carbonyl (C=O) groups is 1. The summed E-state index contributed by atoms with van der Waals surface area (Å²) in [5.74, 6) is -0.829. The third-order valence-corrected chi connectivity index (χ3v) is 6.62. The van der Waals surface area contributed by atoms with Crippen molar-refractivity contribution < 1.29 is 14.3 Å². The van der Waals surface area contributed by atoms with Crippen LogP contribution in [0.5, 0.6) is 0 Å². The molecule has 1 atom stereocenters. The summed E-state index contributed by atoms with van der Waals surface area (Å²) in [6.07, 6.45) is 10.5. The Hall–Kier alpha value is -2.69. The van der Waals surface area contributed by atoms with E-state index in [9.17, 15) is 14.3 Å². The maximum Gasteiger partial charge on any atom is 0.337 e. The molecular formula is C26H31FN2O2. The summed E-state index contributed by atoms with van der Waals surface area (Å²) in [7, 11) is 0. The Kier molecular flexibility index (Phi) is 6.69. The fourth-order valence-electron chi connectivity index (χ4n) is 5.14. The number of para-hydroxylation sites is 1. The van der Waals surface area contributed by atoms with Crippen LogP contribution in [0, 0.1) is 11.9 Å². The lowest BCUT2D eigenvalue weighted by Gasteiger charge is -2.17. The first kappa shape index (κ1) is 21.5. The van der Waals surface area contributed by atoms with E-state index in [2.05, 4.69) is 16.5 Å². The fraction of sp³-hybridized carbons (Fsp3) is 0.462. The van der Waals surface area contributed by atoms with Crippen LogP contribution in [-0.4, -0.2) is 20.6 Å². The van der Waals surface area contributed by atoms with Gasteiger partial charge in [-0.15, -0.1) is 0 Å². The summed E-state index contributed by atoms with van der Waals surface area (Å²) in [5.41, 5.74) is 4.15. The number of carboxylic acid groups (broad SMARTS) is 1. The molecule has 164 valence electrons. The summed E-state index contributed by atoms with van der Waals surface area (Å²) < 4.78 is 15.9. The largest absolute Gasteiger partial charge is 0.478 e. The maximum atomic E-state index is 13.8. The molecule has 2 heterocycles. The van der Waals surface area contributed by atoms with Crippen LogP contribution >= 0.6 is 0 Å². The predicted octanol–water partition coefficient (Wildman–Crippen LogP) is 6.39. The van der Waals surface area contributed by atoms with Crippen molar-refractivity contribution in [2.24, 2.45) is 5.92 Å². The molecule has 0 saturated carbocycles. The Morgan fingerprint density at radius 2 is 2.03 bits per heavy atom. The molecule has 0 radical (unpaired) electrons. The summed E-state index contributed by atoms with van der Waals surface area (Å²) in [6.45, 7) is 2.62. The van der Waals surface area contributed by atoms with Gasteiger partial charge in [0.25, 0.3) is 0 Å². The Bertz CT molecular complexity index is 1070. The minimum atomic E-state index is -0.928. The number of aromatic nitrogens is 2. The van der Waals surface area contributed by atoms with Crippen molar-refractivity contribution in [2.75, 3.05) is 0 Å². The Morgan fingerprint density at radius 1 is 1.19 bits per heavy atom. The van der Waals surface area contributed by atoms with Crippen LogP contribution in [0.1, 0.15) is 79.2 Å². The van der Waals surface area contributed by atoms with Crippen LogP contribution in [0.25, 0.3) is 10.9 Å². The zero-order valence-corrected chi connectivity index (χ0v) is 18.2. The van der Waals surface area contributed by atoms with Crippen molar-refractivity contribution in [3.8, 4) is 0 Å². The molecule has 0 fully saturated rings. The van der Waals surface area contributed by atoms with Gasteiger partial charge in [0.1, 0.15) is 0 Å². The SMILES string of the molecule is CCCCCCC1CCCc2c(n(Cc3cccc(F)n3)c3c(C(=O)O)cccc23)C1. The standard InChI is InChI=1S/C26H31FN2O2/c1-2-3-4-5-9-18-10-6-12-20-21-13-8-14-22(26(30)31)25(21)29(23(20)16-18)17-19-11-7-15-24(27)28-19/h7-8,11,13-15,18H,2-6,9-10,12,16-17H2,1H3,(H,30,31). The molecule has 0 aliphatic heterocycles. The molecule has 2 aromatic heterocycles. The lowest BCUT2D eigenvalue weighted by Crippen LogP contribution is -2.12. The highest BCUT2D eigenvalue weighted by molar-refractivity contribution is 6.04. The second-order valence-electron chi connectivity index (χ2n) is 8.78. The van der Waals surface area contributed by atoms with E-state index < -0.39 is 11.9 Å². The summed E-state index contributed by atoms with van der Waals surface area (Å²) in [5, 5.41) is 10.9. The van der Waals surface area contributed by atoms with E-state index in [1.165, 1.54) is 55.8 Å². The monoisotopic (exact) mass is 422 g/mol. The van der Waals surface area contributed by atoms with Crippen molar-refractivity contribution >= 4 is 16.9 Å². The van der Waals surface area contributed by atoms with Crippen molar-refractivity contribution in [2.45, 2.75) is 71.3 Å². The maximum absolute atomic E-state index is 13.8. The van der Waals surface area contributed by atoms with E-state index in [1.807, 2.05) is 18.2 Å². The van der Waals surface area contributed by atoms with Crippen molar-refractivity contribution in [3.63, 3.8) is 0 Å². The van der Waals surface area contributed by atoms with Gasteiger partial charge in [-0.1, -0.05) is 57.2 Å². The molecule has 1 unspecified atom stereocenters. The van der Waals surface area contributed by atoms with Crippen molar-refractivity contribution in [1.29, 1.82) is 0 Å². The number of halogens is 1. The van der Waals surface area contributed by atoms with Crippen LogP contribution in [0.15, 0.2) is 36.4 Å². The first-order valence-corrected chi connectivity index (χ1v) is 11.6. The number of fused-ring (bicyclic) bond motifs is 3. The third kappa shape index (κ3) is 4.65. The molecule has 1 N–H and O–H groups in total. The highest BCUT2D eigenvalue weighted by Gasteiger charge is 2.26. The van der Waals surface area contributed by atoms with E-state index >= 15 is 0 Å². The third-order valence-electron chi connectivity index (χ3n) is 6.62. The number of aryl methyl sites for hydroxylation is 1. The molecule has 5 heteroatoms. The van der Waals surface area contributed by atoms with Crippen LogP contribution < -0.4 is 0 Å². The normalized spacial score (nSPS) is 16.3. The number of carboxylic acids is 1. The van der Waals surface area contributed by atoms with Gasteiger partial charge in [-0.25, -0.2) is 9.78 Å². The van der Waals surface area contributed by atoms with Crippen LogP contribution in [-0.2, 0) is 19.4 Å². The highest BCUT2D eigenvalue weighted by Crippen LogP contribution is 2.36. The molecule has 0 saturated heterocycles. The minimum absolute atomic E-state index is 0.307. The van der Waals surface area contributed by atoms with E-state index in [-0.39, 0.29) is 0 Å². The average molecular weight is 423 g/mol. The average Bonchev–Trinajstić information content (AvgIpc) is 2.90. The molecule has 4 rings (SSSR count). The molecule has 0 spiro atoms. The zero-order valence-electron chi connectivity index (χ0n) is 18.2. The predicted molar refractivity (Wildman–Crippen MR) is 121 cm³/mol. The highest BCUT2D eigenvalue weighted by atomic mass is 19.1. The number of pyridine rings is 1. The van der Waals surface area contributed by atoms with Gasteiger partial charge in [0.15, 0.2) is 0 Å². The van der Waals surface area contributed by atoms with Gasteiger partial charge in [0, 0.05) is 11.1 Å². The van der Waals surface area contributed by atoms with Gasteiger partial charge in [-0.3, -0.25) is 0 Å². The molecule has 4 nitrogen and oxygen atoms in total. The second kappa shape index (κ2) is 9.63. The van der Waals surface area contributed by atoms with Gasteiger partial charge >= 0.3 is 5.97 Å². The van der Waals surface area contributed by atoms with Gasteiger partial charge in [-0.05, 0) is 55.4 Å². The van der Waals surface area contributed by atoms with Crippen LogP contribution in [0.2, 0.25) is 0 Å². The fourth-order valence-corrected chi connectivity index (χ4v) is 5.14. The first-order chi connectivity index (χ1) is 15.1. The summed E-state index contributed by atoms with van der Waals surface area (Å²) in [4.78, 5) is 16.1. The van der Waals surface area contributed by atoms with Gasteiger partial charge in [-0.2, -0.15) is 4.39 Å². The lowest BCUT2D eigenvalue weighted by atomic mass is 9.93. The van der Waals surface area contributed by atoms with E-state index in [4.69, 9.17) is 0 Å². The van der Waals surface area contributed by atoms with Gasteiger partial charge < -0.3 is 9.67 Å². The van der Waals surface area contributed by atoms with Crippen LogP contribution in [0.3, 0.4) is 0 Å². The number of hydrogen-bond acceptors (Lipinski definition) is 2. The molecule has 3 aromatic rings. The van der Waals surface area contributed by atoms with Crippen molar-refractivity contribution in [1.82, 2.24) is 9.55 Å². The quantitative estimate of drug-likeness (QED) is 0.260. The molecule has 0 bridgehead atoms. The number of rotatable bonds is 8. The number of benzene rings is 1.